The van der Waals surface area contributed by atoms with Gasteiger partial charge in [0.05, 0.1) is 19.4 Å². The first-order valence-electron chi connectivity index (χ1n) is 11.4. The lowest BCUT2D eigenvalue weighted by atomic mass is 10.1. The van der Waals surface area contributed by atoms with Crippen LogP contribution in [0.2, 0.25) is 5.02 Å². The van der Waals surface area contributed by atoms with E-state index in [1.807, 2.05) is 73.7 Å². The Kier molecular flexibility index (Phi) is 8.36. The molecule has 7 nitrogen and oxygen atoms in total. The third-order valence-corrected chi connectivity index (χ3v) is 5.52. The van der Waals surface area contributed by atoms with Gasteiger partial charge in [0.1, 0.15) is 11.5 Å². The van der Waals surface area contributed by atoms with Crippen molar-refractivity contribution in [3.63, 3.8) is 0 Å². The van der Waals surface area contributed by atoms with E-state index in [1.54, 1.807) is 12.1 Å². The molecule has 0 aliphatic carbocycles. The molecule has 0 fully saturated rings. The van der Waals surface area contributed by atoms with Crippen LogP contribution in [0.3, 0.4) is 0 Å². The first-order valence-corrected chi connectivity index (χ1v) is 11.8. The number of rotatable bonds is 10. The predicted molar refractivity (Wildman–Crippen MR) is 140 cm³/mol. The third-order valence-electron chi connectivity index (χ3n) is 5.27. The summed E-state index contributed by atoms with van der Waals surface area (Å²) in [4.78, 5) is 20.4. The molecule has 8 heteroatoms. The van der Waals surface area contributed by atoms with Crippen LogP contribution >= 0.6 is 11.6 Å². The molecule has 0 aliphatic heterocycles. The highest BCUT2D eigenvalue weighted by Gasteiger charge is 2.07. The summed E-state index contributed by atoms with van der Waals surface area (Å²) in [5.74, 6) is 1.41. The van der Waals surface area contributed by atoms with E-state index in [-0.39, 0.29) is 6.61 Å². The van der Waals surface area contributed by atoms with Gasteiger partial charge in [-0.1, -0.05) is 23.7 Å². The lowest BCUT2D eigenvalue weighted by Crippen LogP contribution is -2.12. The Labute approximate surface area is 215 Å². The molecule has 4 aromatic rings. The van der Waals surface area contributed by atoms with Crippen molar-refractivity contribution in [3.05, 3.63) is 95.1 Å². The minimum atomic E-state index is -0.435. The molecule has 4 rings (SSSR count). The number of hydrogen-bond donors (Lipinski definition) is 1. The molecule has 0 bridgehead atoms. The Morgan fingerprint density at radius 2 is 1.56 bits per heavy atom. The number of methoxy groups -OCH3 is 1. The standard InChI is InChI=1S/C28H26ClN3O4/c1-19-17-26(21-5-11-24(12-6-21)35-16-15-20-3-7-22(29)8-4-20)32-28(30-19)31-23-9-13-25(14-10-23)36-18-27(33)34-2/h3-14,17H,15-16,18H2,1-2H3,(H,30,31,32). The van der Waals surface area contributed by atoms with Crippen LogP contribution in [0.25, 0.3) is 11.3 Å². The van der Waals surface area contributed by atoms with Gasteiger partial charge in [-0.25, -0.2) is 14.8 Å². The Hall–Kier alpha value is -4.10. The molecule has 0 atom stereocenters. The zero-order chi connectivity index (χ0) is 25.3. The van der Waals surface area contributed by atoms with Crippen LogP contribution in [0.15, 0.2) is 78.9 Å². The van der Waals surface area contributed by atoms with Crippen molar-refractivity contribution < 1.29 is 19.0 Å². The van der Waals surface area contributed by atoms with E-state index in [0.717, 1.165) is 39.8 Å². The lowest BCUT2D eigenvalue weighted by molar-refractivity contribution is -0.142. The highest BCUT2D eigenvalue weighted by Crippen LogP contribution is 2.24. The number of esters is 1. The zero-order valence-electron chi connectivity index (χ0n) is 20.0. The van der Waals surface area contributed by atoms with Gasteiger partial charge in [-0.2, -0.15) is 0 Å². The van der Waals surface area contributed by atoms with Gasteiger partial charge in [0.15, 0.2) is 6.61 Å². The Morgan fingerprint density at radius 3 is 2.25 bits per heavy atom. The van der Waals surface area contributed by atoms with Crippen molar-refractivity contribution in [2.45, 2.75) is 13.3 Å². The predicted octanol–water partition coefficient (Wildman–Crippen LogP) is 6.02. The fourth-order valence-electron chi connectivity index (χ4n) is 3.40. The molecule has 0 unspecified atom stereocenters. The molecule has 1 aromatic heterocycles. The number of anilines is 2. The van der Waals surface area contributed by atoms with Crippen molar-refractivity contribution in [1.29, 1.82) is 0 Å². The number of carbonyl (C=O) groups is 1. The van der Waals surface area contributed by atoms with E-state index in [1.165, 1.54) is 12.7 Å². The highest BCUT2D eigenvalue weighted by atomic mass is 35.5. The topological polar surface area (TPSA) is 82.6 Å². The number of carbonyl (C=O) groups excluding carboxylic acids is 1. The number of benzene rings is 3. The van der Waals surface area contributed by atoms with E-state index < -0.39 is 5.97 Å². The molecule has 0 radical (unpaired) electrons. The molecule has 184 valence electrons. The SMILES string of the molecule is COC(=O)COc1ccc(Nc2nc(C)cc(-c3ccc(OCCc4ccc(Cl)cc4)cc3)n2)cc1. The summed E-state index contributed by atoms with van der Waals surface area (Å²) >= 11 is 5.93. The number of aryl methyl sites for hydroxylation is 1. The van der Waals surface area contributed by atoms with E-state index in [4.69, 9.17) is 21.1 Å². The van der Waals surface area contributed by atoms with Gasteiger partial charge in [-0.15, -0.1) is 0 Å². The fourth-order valence-corrected chi connectivity index (χ4v) is 3.52. The lowest BCUT2D eigenvalue weighted by Gasteiger charge is -2.10. The summed E-state index contributed by atoms with van der Waals surface area (Å²) in [7, 11) is 1.32. The maximum absolute atomic E-state index is 11.2. The Morgan fingerprint density at radius 1 is 0.889 bits per heavy atom. The van der Waals surface area contributed by atoms with Gasteiger partial charge in [0.25, 0.3) is 0 Å². The zero-order valence-corrected chi connectivity index (χ0v) is 20.8. The maximum Gasteiger partial charge on any atom is 0.343 e. The average Bonchev–Trinajstić information content (AvgIpc) is 2.89. The summed E-state index contributed by atoms with van der Waals surface area (Å²) in [6.07, 6.45) is 0.803. The number of halogens is 1. The first kappa shape index (κ1) is 25.0. The van der Waals surface area contributed by atoms with Crippen LogP contribution in [-0.4, -0.2) is 36.3 Å². The van der Waals surface area contributed by atoms with Gasteiger partial charge in [0, 0.05) is 28.4 Å². The molecule has 0 saturated carbocycles. The second kappa shape index (κ2) is 12.0. The summed E-state index contributed by atoms with van der Waals surface area (Å²) < 4.78 is 15.8. The molecule has 0 spiro atoms. The van der Waals surface area contributed by atoms with Gasteiger partial charge in [0.2, 0.25) is 5.95 Å². The van der Waals surface area contributed by atoms with E-state index in [0.29, 0.717) is 18.3 Å². The molecule has 1 heterocycles. The van der Waals surface area contributed by atoms with E-state index >= 15 is 0 Å². The van der Waals surface area contributed by atoms with Crippen LogP contribution in [0, 0.1) is 6.92 Å². The number of aromatic nitrogens is 2. The molecule has 0 aliphatic rings. The first-order chi connectivity index (χ1) is 17.5. The van der Waals surface area contributed by atoms with Crippen molar-refractivity contribution in [2.75, 3.05) is 25.6 Å². The molecule has 0 amide bonds. The smallest absolute Gasteiger partial charge is 0.343 e. The number of ether oxygens (including phenoxy) is 3. The maximum atomic E-state index is 11.2. The largest absolute Gasteiger partial charge is 0.493 e. The van der Waals surface area contributed by atoms with Crippen LogP contribution in [-0.2, 0) is 16.0 Å². The summed E-state index contributed by atoms with van der Waals surface area (Å²) in [6.45, 7) is 2.36. The van der Waals surface area contributed by atoms with Gasteiger partial charge < -0.3 is 19.5 Å². The fraction of sp³-hybridized carbons (Fsp3) is 0.179. The molecular weight excluding hydrogens is 478 g/mol. The van der Waals surface area contributed by atoms with Crippen molar-refractivity contribution in [1.82, 2.24) is 9.97 Å². The van der Waals surface area contributed by atoms with Crippen LogP contribution in [0.4, 0.5) is 11.6 Å². The van der Waals surface area contributed by atoms with Crippen molar-refractivity contribution in [3.8, 4) is 22.8 Å². The van der Waals surface area contributed by atoms with E-state index in [2.05, 4.69) is 20.0 Å². The number of nitrogens with zero attached hydrogens (tertiary/aromatic N) is 2. The quantitative estimate of drug-likeness (QED) is 0.265. The normalized spacial score (nSPS) is 10.5. The van der Waals surface area contributed by atoms with Gasteiger partial charge in [-0.3, -0.25) is 0 Å². The average molecular weight is 504 g/mol. The summed E-state index contributed by atoms with van der Waals surface area (Å²) in [6, 6.07) is 24.7. The summed E-state index contributed by atoms with van der Waals surface area (Å²) in [5, 5.41) is 3.94. The minimum Gasteiger partial charge on any atom is -0.493 e. The Balaban J connectivity index is 1.36. The van der Waals surface area contributed by atoms with Gasteiger partial charge in [-0.05, 0) is 79.2 Å². The van der Waals surface area contributed by atoms with Crippen molar-refractivity contribution in [2.24, 2.45) is 0 Å². The molecule has 36 heavy (non-hydrogen) atoms. The summed E-state index contributed by atoms with van der Waals surface area (Å²) in [5.41, 5.74) is 4.57. The molecular formula is C28H26ClN3O4. The van der Waals surface area contributed by atoms with Crippen molar-refractivity contribution >= 4 is 29.2 Å². The third kappa shape index (κ3) is 7.20. The Bertz CT molecular complexity index is 1290. The number of nitrogens with one attached hydrogen (secondary N) is 1. The van der Waals surface area contributed by atoms with E-state index in [9.17, 15) is 4.79 Å². The van der Waals surface area contributed by atoms with Crippen LogP contribution < -0.4 is 14.8 Å². The monoisotopic (exact) mass is 503 g/mol. The van der Waals surface area contributed by atoms with Crippen LogP contribution in [0.5, 0.6) is 11.5 Å². The second-order valence-corrected chi connectivity index (χ2v) is 8.42. The highest BCUT2D eigenvalue weighted by molar-refractivity contribution is 6.30. The second-order valence-electron chi connectivity index (χ2n) is 7.98. The number of hydrogen-bond acceptors (Lipinski definition) is 7. The van der Waals surface area contributed by atoms with Gasteiger partial charge >= 0.3 is 5.97 Å². The minimum absolute atomic E-state index is 0.139. The molecule has 1 N–H and O–H groups in total. The molecule has 0 saturated heterocycles. The molecule has 3 aromatic carbocycles. The van der Waals surface area contributed by atoms with Crippen LogP contribution in [0.1, 0.15) is 11.3 Å².